The Hall–Kier alpha value is -1.84. The van der Waals surface area contributed by atoms with Crippen molar-refractivity contribution >= 4 is 5.82 Å². The van der Waals surface area contributed by atoms with Gasteiger partial charge in [-0.2, -0.15) is 0 Å². The molecule has 0 aliphatic carbocycles. The number of benzene rings is 1. The second-order valence-corrected chi connectivity index (χ2v) is 3.95. The van der Waals surface area contributed by atoms with Crippen molar-refractivity contribution in [3.8, 4) is 0 Å². The molecule has 1 N–H and O–H groups in total. The third kappa shape index (κ3) is 2.64. The van der Waals surface area contributed by atoms with Crippen molar-refractivity contribution in [3.05, 3.63) is 42.1 Å². The summed E-state index contributed by atoms with van der Waals surface area (Å²) < 4.78 is 1.87. The number of rotatable bonds is 5. The minimum atomic E-state index is 0.306. The summed E-state index contributed by atoms with van der Waals surface area (Å²) in [4.78, 5) is 0. The highest BCUT2D eigenvalue weighted by atomic mass is 15.4. The quantitative estimate of drug-likeness (QED) is 0.858. The van der Waals surface area contributed by atoms with Gasteiger partial charge in [0, 0.05) is 6.54 Å². The molecule has 0 aliphatic heterocycles. The van der Waals surface area contributed by atoms with Gasteiger partial charge < -0.3 is 5.32 Å². The molecule has 0 radical (unpaired) electrons. The van der Waals surface area contributed by atoms with Crippen molar-refractivity contribution in [2.75, 3.05) is 5.32 Å². The van der Waals surface area contributed by atoms with Crippen LogP contribution in [0.5, 0.6) is 0 Å². The lowest BCUT2D eigenvalue weighted by Crippen LogP contribution is -2.13. The van der Waals surface area contributed by atoms with Gasteiger partial charge in [-0.15, -0.1) is 5.10 Å². The van der Waals surface area contributed by atoms with Crippen LogP contribution < -0.4 is 5.32 Å². The minimum Gasteiger partial charge on any atom is -0.362 e. The van der Waals surface area contributed by atoms with E-state index in [1.54, 1.807) is 6.20 Å². The fourth-order valence-corrected chi connectivity index (χ4v) is 1.89. The van der Waals surface area contributed by atoms with Gasteiger partial charge >= 0.3 is 0 Å². The normalized spacial score (nSPS) is 12.4. The summed E-state index contributed by atoms with van der Waals surface area (Å²) >= 11 is 0. The average molecular weight is 230 g/mol. The van der Waals surface area contributed by atoms with Crippen molar-refractivity contribution in [3.63, 3.8) is 0 Å². The summed E-state index contributed by atoms with van der Waals surface area (Å²) in [5, 5.41) is 11.4. The molecule has 0 fully saturated rings. The highest BCUT2D eigenvalue weighted by molar-refractivity contribution is 5.36. The summed E-state index contributed by atoms with van der Waals surface area (Å²) in [5.74, 6) is 0.975. The predicted octanol–water partition coefficient (Wildman–Crippen LogP) is 2.86. The maximum absolute atomic E-state index is 4.02. The lowest BCUT2D eigenvalue weighted by Gasteiger charge is -2.18. The summed E-state index contributed by atoms with van der Waals surface area (Å²) in [7, 11) is 0. The van der Waals surface area contributed by atoms with Crippen LogP contribution in [0.15, 0.2) is 36.5 Å². The van der Waals surface area contributed by atoms with Gasteiger partial charge in [0.25, 0.3) is 0 Å². The maximum atomic E-state index is 4.02. The standard InChI is InChI=1S/C13H18N4/c1-3-12(11-8-6-5-7-9-11)15-13-10-14-16-17(13)4-2/h5-10,12,15H,3-4H2,1-2H3. The van der Waals surface area contributed by atoms with Crippen molar-refractivity contribution in [1.82, 2.24) is 15.0 Å². The van der Waals surface area contributed by atoms with E-state index in [1.807, 2.05) is 10.7 Å². The van der Waals surface area contributed by atoms with E-state index >= 15 is 0 Å². The summed E-state index contributed by atoms with van der Waals surface area (Å²) in [6.45, 7) is 5.06. The third-order valence-electron chi connectivity index (χ3n) is 2.85. The van der Waals surface area contributed by atoms with Gasteiger partial charge in [-0.25, -0.2) is 4.68 Å². The first kappa shape index (κ1) is 11.6. The number of aryl methyl sites for hydroxylation is 1. The first-order valence-electron chi connectivity index (χ1n) is 6.05. The largest absolute Gasteiger partial charge is 0.362 e. The van der Waals surface area contributed by atoms with Gasteiger partial charge in [-0.1, -0.05) is 42.5 Å². The van der Waals surface area contributed by atoms with E-state index in [2.05, 4.69) is 53.7 Å². The van der Waals surface area contributed by atoms with Crippen molar-refractivity contribution in [2.24, 2.45) is 0 Å². The Balaban J connectivity index is 2.16. The molecule has 4 nitrogen and oxygen atoms in total. The summed E-state index contributed by atoms with van der Waals surface area (Å²) in [6.07, 6.45) is 2.80. The highest BCUT2D eigenvalue weighted by Gasteiger charge is 2.11. The molecule has 0 saturated heterocycles. The van der Waals surface area contributed by atoms with Crippen molar-refractivity contribution in [2.45, 2.75) is 32.9 Å². The van der Waals surface area contributed by atoms with E-state index in [4.69, 9.17) is 0 Å². The first-order chi connectivity index (χ1) is 8.35. The molecule has 1 atom stereocenters. The molecule has 4 heteroatoms. The van der Waals surface area contributed by atoms with Gasteiger partial charge in [0.15, 0.2) is 0 Å². The van der Waals surface area contributed by atoms with Crippen LogP contribution >= 0.6 is 0 Å². The van der Waals surface area contributed by atoms with E-state index in [-0.39, 0.29) is 0 Å². The number of nitrogens with zero attached hydrogens (tertiary/aromatic N) is 3. The Bertz CT molecular complexity index is 449. The SMILES string of the molecule is CCC(Nc1cnnn1CC)c1ccccc1. The monoisotopic (exact) mass is 230 g/mol. The highest BCUT2D eigenvalue weighted by Crippen LogP contribution is 2.21. The molecule has 90 valence electrons. The van der Waals surface area contributed by atoms with E-state index < -0.39 is 0 Å². The van der Waals surface area contributed by atoms with E-state index in [0.717, 1.165) is 18.8 Å². The van der Waals surface area contributed by atoms with Crippen LogP contribution in [-0.2, 0) is 6.54 Å². The van der Waals surface area contributed by atoms with Gasteiger partial charge in [0.05, 0.1) is 12.2 Å². The number of hydrogen-bond acceptors (Lipinski definition) is 3. The van der Waals surface area contributed by atoms with Gasteiger partial charge in [-0.05, 0) is 18.9 Å². The predicted molar refractivity (Wildman–Crippen MR) is 68.8 cm³/mol. The lowest BCUT2D eigenvalue weighted by atomic mass is 10.1. The zero-order chi connectivity index (χ0) is 12.1. The molecule has 0 amide bonds. The van der Waals surface area contributed by atoms with Crippen LogP contribution in [0, 0.1) is 0 Å². The molecule has 17 heavy (non-hydrogen) atoms. The summed E-state index contributed by atoms with van der Waals surface area (Å²) in [6, 6.07) is 10.8. The molecular formula is C13H18N4. The van der Waals surface area contributed by atoms with Crippen LogP contribution in [0.25, 0.3) is 0 Å². The molecule has 2 rings (SSSR count). The van der Waals surface area contributed by atoms with Gasteiger partial charge in [-0.3, -0.25) is 0 Å². The molecule has 0 spiro atoms. The lowest BCUT2D eigenvalue weighted by molar-refractivity contribution is 0.620. The zero-order valence-electron chi connectivity index (χ0n) is 10.3. The topological polar surface area (TPSA) is 42.7 Å². The van der Waals surface area contributed by atoms with Crippen LogP contribution in [0.2, 0.25) is 0 Å². The smallest absolute Gasteiger partial charge is 0.145 e. The molecule has 0 aliphatic rings. The number of nitrogens with one attached hydrogen (secondary N) is 1. The Morgan fingerprint density at radius 2 is 2.00 bits per heavy atom. The Kier molecular flexibility index (Phi) is 3.75. The molecule has 2 aromatic rings. The second-order valence-electron chi connectivity index (χ2n) is 3.95. The van der Waals surface area contributed by atoms with E-state index in [9.17, 15) is 0 Å². The molecule has 1 aromatic carbocycles. The third-order valence-corrected chi connectivity index (χ3v) is 2.85. The second kappa shape index (κ2) is 5.48. The Labute approximate surface area is 102 Å². The van der Waals surface area contributed by atoms with Crippen molar-refractivity contribution in [1.29, 1.82) is 0 Å². The van der Waals surface area contributed by atoms with Crippen molar-refractivity contribution < 1.29 is 0 Å². The molecule has 0 bridgehead atoms. The van der Waals surface area contributed by atoms with E-state index in [1.165, 1.54) is 5.56 Å². The molecule has 1 aromatic heterocycles. The van der Waals surface area contributed by atoms with Crippen LogP contribution in [0.3, 0.4) is 0 Å². The fourth-order valence-electron chi connectivity index (χ4n) is 1.89. The van der Waals surface area contributed by atoms with Gasteiger partial charge in [0.1, 0.15) is 5.82 Å². The van der Waals surface area contributed by atoms with Crippen LogP contribution in [-0.4, -0.2) is 15.0 Å². The van der Waals surface area contributed by atoms with Crippen LogP contribution in [0.1, 0.15) is 31.9 Å². The minimum absolute atomic E-state index is 0.306. The average Bonchev–Trinajstić information content (AvgIpc) is 2.84. The number of anilines is 1. The van der Waals surface area contributed by atoms with Gasteiger partial charge in [0.2, 0.25) is 0 Å². The maximum Gasteiger partial charge on any atom is 0.145 e. The molecule has 1 unspecified atom stereocenters. The number of hydrogen-bond donors (Lipinski definition) is 1. The first-order valence-corrected chi connectivity index (χ1v) is 6.05. The summed E-state index contributed by atoms with van der Waals surface area (Å²) in [5.41, 5.74) is 1.29. The Morgan fingerprint density at radius 1 is 1.24 bits per heavy atom. The Morgan fingerprint density at radius 3 is 2.65 bits per heavy atom. The zero-order valence-corrected chi connectivity index (χ0v) is 10.3. The number of aromatic nitrogens is 3. The van der Waals surface area contributed by atoms with Crippen LogP contribution in [0.4, 0.5) is 5.82 Å². The molecule has 0 saturated carbocycles. The molecule has 1 heterocycles. The fraction of sp³-hybridized carbons (Fsp3) is 0.385. The molecular weight excluding hydrogens is 212 g/mol. The van der Waals surface area contributed by atoms with E-state index in [0.29, 0.717) is 6.04 Å².